The van der Waals surface area contributed by atoms with Crippen molar-refractivity contribution in [2.75, 3.05) is 29.9 Å². The Morgan fingerprint density at radius 2 is 1.30 bits per heavy atom. The summed E-state index contributed by atoms with van der Waals surface area (Å²) < 4.78 is 86.8. The monoisotopic (exact) mass is 868 g/mol. The first-order valence-corrected chi connectivity index (χ1v) is 22.8. The van der Waals surface area contributed by atoms with Crippen molar-refractivity contribution in [3.63, 3.8) is 0 Å². The van der Waals surface area contributed by atoms with Gasteiger partial charge in [0.25, 0.3) is 0 Å². The van der Waals surface area contributed by atoms with Gasteiger partial charge in [0.1, 0.15) is 27.2 Å². The second-order valence-corrected chi connectivity index (χ2v) is 18.9. The smallest absolute Gasteiger partial charge is 0.210 e. The number of anilines is 2. The van der Waals surface area contributed by atoms with Crippen molar-refractivity contribution in [1.82, 2.24) is 9.97 Å². The second kappa shape index (κ2) is 17.9. The van der Waals surface area contributed by atoms with E-state index in [0.717, 1.165) is 37.1 Å². The highest BCUT2D eigenvalue weighted by atomic mass is 35.5. The summed E-state index contributed by atoms with van der Waals surface area (Å²) in [7, 11) is -7.68. The predicted octanol–water partition coefficient (Wildman–Crippen LogP) is 10.6. The second-order valence-electron chi connectivity index (χ2n) is 14.7. The average Bonchev–Trinajstić information content (AvgIpc) is 3.24. The van der Waals surface area contributed by atoms with E-state index in [4.69, 9.17) is 16.3 Å². The van der Waals surface area contributed by atoms with E-state index in [9.17, 15) is 25.6 Å². The number of piperidine rings is 1. The van der Waals surface area contributed by atoms with Crippen LogP contribution in [0.25, 0.3) is 21.8 Å². The number of hydrogen-bond acceptors (Lipinski definition) is 9. The van der Waals surface area contributed by atoms with Crippen molar-refractivity contribution in [3.8, 4) is 5.75 Å². The van der Waals surface area contributed by atoms with Crippen LogP contribution >= 0.6 is 11.6 Å². The Kier molecular flexibility index (Phi) is 12.7. The highest BCUT2D eigenvalue weighted by Crippen LogP contribution is 2.39. The fourth-order valence-corrected chi connectivity index (χ4v) is 10.0. The summed E-state index contributed by atoms with van der Waals surface area (Å²) >= 11 is 5.93. The van der Waals surface area contributed by atoms with E-state index in [1.807, 2.05) is 13.8 Å². The molecule has 1 N–H and O–H groups in total. The van der Waals surface area contributed by atoms with Crippen LogP contribution in [0.15, 0.2) is 141 Å². The normalized spacial score (nSPS) is 13.5. The molecule has 1 aliphatic rings. The fraction of sp³-hybridized carbons (Fsp3) is 0.217. The number of ether oxygens (including phenoxy) is 1. The molecule has 60 heavy (non-hydrogen) atoms. The van der Waals surface area contributed by atoms with Gasteiger partial charge in [-0.2, -0.15) is 0 Å². The lowest BCUT2D eigenvalue weighted by Crippen LogP contribution is -2.34. The summed E-state index contributed by atoms with van der Waals surface area (Å²) in [4.78, 5) is 11.3. The molecule has 8 rings (SSSR count). The zero-order valence-corrected chi connectivity index (χ0v) is 35.6. The van der Waals surface area contributed by atoms with Crippen LogP contribution in [-0.4, -0.2) is 46.5 Å². The molecule has 3 heterocycles. The van der Waals surface area contributed by atoms with E-state index in [-0.39, 0.29) is 25.4 Å². The fourth-order valence-electron chi connectivity index (χ4n) is 7.06. The molecule has 2 aromatic heterocycles. The molecule has 9 nitrogen and oxygen atoms in total. The number of halogens is 3. The maximum atomic E-state index is 14.0. The highest BCUT2D eigenvalue weighted by molar-refractivity contribution is 7.92. The number of rotatable bonds is 10. The van der Waals surface area contributed by atoms with Gasteiger partial charge in [0.05, 0.1) is 38.8 Å². The molecule has 0 unspecified atom stereocenters. The number of aromatic nitrogens is 2. The molecule has 0 amide bonds. The van der Waals surface area contributed by atoms with Gasteiger partial charge in [-0.25, -0.2) is 25.6 Å². The largest absolute Gasteiger partial charge is 0.494 e. The van der Waals surface area contributed by atoms with Gasteiger partial charge in [-0.15, -0.1) is 0 Å². The Morgan fingerprint density at radius 3 is 1.95 bits per heavy atom. The summed E-state index contributed by atoms with van der Waals surface area (Å²) in [6.45, 7) is 8.24. The minimum Gasteiger partial charge on any atom is -0.494 e. The van der Waals surface area contributed by atoms with Crippen LogP contribution in [0.2, 0.25) is 5.02 Å². The Hall–Kier alpha value is -5.63. The molecule has 1 saturated heterocycles. The summed E-state index contributed by atoms with van der Waals surface area (Å²) in [5.74, 6) is 0.465. The molecule has 0 radical (unpaired) electrons. The van der Waals surface area contributed by atoms with Crippen molar-refractivity contribution < 1.29 is 30.4 Å². The zero-order chi connectivity index (χ0) is 42.6. The van der Waals surface area contributed by atoms with E-state index in [2.05, 4.69) is 27.1 Å². The van der Waals surface area contributed by atoms with Gasteiger partial charge in [0.2, 0.25) is 19.7 Å². The SMILES string of the molecule is CCOc1ccc2ncc(S(=O)(=O)c3ccc(Cl)cc3)c(NCc3ccc(F)cc3)c2c1.Cc1ccc(S(=O)(=O)c2cnc3ccc(F)cc3c2N2CCC(C)CC2)cc1. The lowest BCUT2D eigenvalue weighted by molar-refractivity contribution is 0.340. The van der Waals surface area contributed by atoms with Gasteiger partial charge in [-0.05, 0) is 123 Å². The molecule has 1 aliphatic heterocycles. The van der Waals surface area contributed by atoms with E-state index in [1.165, 1.54) is 60.9 Å². The average molecular weight is 869 g/mol. The van der Waals surface area contributed by atoms with Gasteiger partial charge < -0.3 is 15.0 Å². The van der Waals surface area contributed by atoms with Gasteiger partial charge in [0.15, 0.2) is 0 Å². The predicted molar refractivity (Wildman–Crippen MR) is 232 cm³/mol. The van der Waals surface area contributed by atoms with Crippen molar-refractivity contribution >= 4 is 64.5 Å². The van der Waals surface area contributed by atoms with Crippen LogP contribution in [-0.2, 0) is 26.2 Å². The molecular formula is C46H43ClF2N4O5S2. The molecule has 7 aromatic rings. The molecule has 14 heteroatoms. The molecular weight excluding hydrogens is 826 g/mol. The molecule has 310 valence electrons. The van der Waals surface area contributed by atoms with Crippen molar-refractivity contribution in [3.05, 3.63) is 149 Å². The van der Waals surface area contributed by atoms with Crippen LogP contribution in [0.5, 0.6) is 5.75 Å². The first-order chi connectivity index (χ1) is 28.7. The van der Waals surface area contributed by atoms with Crippen molar-refractivity contribution in [1.29, 1.82) is 0 Å². The molecule has 5 aromatic carbocycles. The van der Waals surface area contributed by atoms with Crippen molar-refractivity contribution in [2.24, 2.45) is 5.92 Å². The minimum absolute atomic E-state index is 0.0306. The molecule has 1 fully saturated rings. The quantitative estimate of drug-likeness (QED) is 0.143. The first kappa shape index (κ1) is 42.5. The summed E-state index contributed by atoms with van der Waals surface area (Å²) in [6, 6.07) is 28.5. The number of fused-ring (bicyclic) bond motifs is 2. The summed E-state index contributed by atoms with van der Waals surface area (Å²) in [5, 5.41) is 4.82. The lowest BCUT2D eigenvalue weighted by Gasteiger charge is -2.34. The first-order valence-electron chi connectivity index (χ1n) is 19.4. The summed E-state index contributed by atoms with van der Waals surface area (Å²) in [6.07, 6.45) is 4.72. The Balaban J connectivity index is 0.000000183. The van der Waals surface area contributed by atoms with E-state index in [1.54, 1.807) is 60.7 Å². The van der Waals surface area contributed by atoms with Gasteiger partial charge >= 0.3 is 0 Å². The minimum atomic E-state index is -3.90. The molecule has 0 spiro atoms. The van der Waals surface area contributed by atoms with Gasteiger partial charge in [-0.1, -0.05) is 48.4 Å². The van der Waals surface area contributed by atoms with Crippen molar-refractivity contribution in [2.45, 2.75) is 59.7 Å². The Bertz CT molecular complexity index is 2870. The third-order valence-electron chi connectivity index (χ3n) is 10.4. The van der Waals surface area contributed by atoms with Crippen LogP contribution in [0.3, 0.4) is 0 Å². The summed E-state index contributed by atoms with van der Waals surface area (Å²) in [5.41, 5.74) is 3.96. The van der Waals surface area contributed by atoms with E-state index < -0.39 is 25.5 Å². The number of benzene rings is 5. The number of hydrogen-bond donors (Lipinski definition) is 1. The van der Waals surface area contributed by atoms with Gasteiger partial charge in [0, 0.05) is 47.8 Å². The van der Waals surface area contributed by atoms with Crippen LogP contribution in [0.1, 0.15) is 37.8 Å². The Labute approximate surface area is 353 Å². The van der Waals surface area contributed by atoms with Crippen LogP contribution in [0, 0.1) is 24.5 Å². The number of nitrogens with zero attached hydrogens (tertiary/aromatic N) is 3. The standard InChI is InChI=1S/C24H20ClFN2O3S.C22H23FN2O2S/c1-2-31-19-9-12-22-21(13-19)24(28-14-16-3-7-18(26)8-4-16)23(15-27-22)32(29,30)20-10-5-17(25)6-11-20;1-15-3-6-18(7-4-15)28(26,27)21-14-24-20-8-5-17(23)13-19(20)22(21)25-11-9-16(2)10-12-25/h3-13,15H,2,14H2,1H3,(H,27,28);3-8,13-14,16H,9-12H2,1-2H3. The highest BCUT2D eigenvalue weighted by Gasteiger charge is 2.29. The number of nitrogens with one attached hydrogen (secondary N) is 1. The topological polar surface area (TPSA) is 119 Å². The maximum Gasteiger partial charge on any atom is 0.210 e. The van der Waals surface area contributed by atoms with Gasteiger partial charge in [-0.3, -0.25) is 9.97 Å². The lowest BCUT2D eigenvalue weighted by atomic mass is 9.98. The van der Waals surface area contributed by atoms with Crippen LogP contribution in [0.4, 0.5) is 20.2 Å². The maximum absolute atomic E-state index is 14.0. The molecule has 0 aliphatic carbocycles. The molecule has 0 atom stereocenters. The third kappa shape index (κ3) is 9.23. The van der Waals surface area contributed by atoms with Crippen LogP contribution < -0.4 is 15.0 Å². The third-order valence-corrected chi connectivity index (χ3v) is 14.2. The Morgan fingerprint density at radius 1 is 0.733 bits per heavy atom. The van der Waals surface area contributed by atoms with E-state index >= 15 is 0 Å². The number of aryl methyl sites for hydroxylation is 1. The number of pyridine rings is 2. The number of sulfone groups is 2. The van der Waals surface area contributed by atoms with E-state index in [0.29, 0.717) is 63.0 Å². The molecule has 0 bridgehead atoms. The zero-order valence-electron chi connectivity index (χ0n) is 33.2. The molecule has 0 saturated carbocycles.